The third-order valence-electron chi connectivity index (χ3n) is 7.91. The largest absolute Gasteiger partial charge is 0.432 e. The fourth-order valence-electron chi connectivity index (χ4n) is 5.43. The van der Waals surface area contributed by atoms with Crippen LogP contribution in [0.4, 0.5) is 61.5 Å². The number of halogens is 14. The van der Waals surface area contributed by atoms with E-state index >= 15 is 0 Å². The Balaban J connectivity index is 1.47. The first kappa shape index (κ1) is 39.4. The second kappa shape index (κ2) is 15.5. The highest BCUT2D eigenvalue weighted by atomic mass is 19.3. The smallest absolute Gasteiger partial charge is 0.432 e. The highest BCUT2D eigenvalue weighted by Gasteiger charge is 2.46. The molecule has 0 atom stereocenters. The highest BCUT2D eigenvalue weighted by molar-refractivity contribution is 5.38. The minimum atomic E-state index is -5.15. The minimum absolute atomic E-state index is 0.129. The molecule has 0 heterocycles. The Labute approximate surface area is 280 Å². The number of ether oxygens (including phenoxy) is 4. The quantitative estimate of drug-likeness (QED) is 0.121. The lowest BCUT2D eigenvalue weighted by Crippen LogP contribution is -2.37. The second-order valence-electron chi connectivity index (χ2n) is 11.5. The van der Waals surface area contributed by atoms with Gasteiger partial charge in [0.15, 0.2) is 11.6 Å². The first-order chi connectivity index (χ1) is 23.7. The summed E-state index contributed by atoms with van der Waals surface area (Å²) in [6, 6.07) is -2.32. The summed E-state index contributed by atoms with van der Waals surface area (Å²) < 4.78 is 215. The molecule has 0 unspecified atom stereocenters. The molecule has 18 heteroatoms. The van der Waals surface area contributed by atoms with Crippen LogP contribution in [0.5, 0.6) is 23.0 Å². The van der Waals surface area contributed by atoms with E-state index < -0.39 is 99.5 Å². The summed E-state index contributed by atoms with van der Waals surface area (Å²) in [5, 5.41) is 0. The maximum atomic E-state index is 14.9. The third kappa shape index (κ3) is 9.49. The van der Waals surface area contributed by atoms with E-state index in [9.17, 15) is 61.5 Å². The summed E-state index contributed by atoms with van der Waals surface area (Å²) in [6.45, 7) is 2.01. The summed E-state index contributed by atoms with van der Waals surface area (Å²) in [4.78, 5) is 0. The van der Waals surface area contributed by atoms with E-state index in [1.165, 1.54) is 0 Å². The number of alkyl halides is 6. The van der Waals surface area contributed by atoms with Crippen LogP contribution < -0.4 is 18.9 Å². The van der Waals surface area contributed by atoms with Crippen molar-refractivity contribution in [2.24, 2.45) is 11.8 Å². The molecule has 1 fully saturated rings. The van der Waals surface area contributed by atoms with Crippen LogP contribution in [0.1, 0.15) is 63.0 Å². The van der Waals surface area contributed by atoms with E-state index in [4.69, 9.17) is 0 Å². The summed E-state index contributed by atoms with van der Waals surface area (Å²) in [5.74, 6) is -17.1. The first-order valence-corrected chi connectivity index (χ1v) is 15.1. The van der Waals surface area contributed by atoms with Gasteiger partial charge in [0, 0.05) is 30.3 Å². The predicted octanol–water partition coefficient (Wildman–Crippen LogP) is 12.0. The molecular weight excluding hydrogens is 726 g/mol. The molecule has 0 aromatic heterocycles. The third-order valence-corrected chi connectivity index (χ3v) is 7.91. The van der Waals surface area contributed by atoms with E-state index in [0.29, 0.717) is 25.0 Å². The fourth-order valence-corrected chi connectivity index (χ4v) is 5.43. The van der Waals surface area contributed by atoms with Crippen molar-refractivity contribution < 1.29 is 80.4 Å². The van der Waals surface area contributed by atoms with Gasteiger partial charge in [0.05, 0.1) is 5.92 Å². The summed E-state index contributed by atoms with van der Waals surface area (Å²) >= 11 is 0. The minimum Gasteiger partial charge on any atom is -0.432 e. The highest BCUT2D eigenvalue weighted by Crippen LogP contribution is 2.43. The number of hydrogen-bond acceptors (Lipinski definition) is 4. The van der Waals surface area contributed by atoms with Gasteiger partial charge in [0.1, 0.15) is 45.8 Å². The molecule has 3 aromatic carbocycles. The van der Waals surface area contributed by atoms with Gasteiger partial charge in [-0.2, -0.15) is 39.5 Å². The summed E-state index contributed by atoms with van der Waals surface area (Å²) in [6.07, 6.45) is -12.7. The normalized spacial score (nSPS) is 16.8. The van der Waals surface area contributed by atoms with E-state index in [0.717, 1.165) is 19.3 Å². The molecule has 1 saturated carbocycles. The van der Waals surface area contributed by atoms with Gasteiger partial charge in [-0.05, 0) is 43.7 Å². The first-order valence-electron chi connectivity index (χ1n) is 15.1. The van der Waals surface area contributed by atoms with Gasteiger partial charge in [-0.15, -0.1) is 0 Å². The average Bonchev–Trinajstić information content (AvgIpc) is 3.00. The molecule has 0 saturated heterocycles. The van der Waals surface area contributed by atoms with E-state index in [-0.39, 0.29) is 49.1 Å². The molecule has 4 nitrogen and oxygen atoms in total. The molecule has 0 amide bonds. The molecular formula is C33H26F14O4. The Hall–Kier alpha value is -4.38. The van der Waals surface area contributed by atoms with Crippen molar-refractivity contribution in [3.8, 4) is 23.0 Å². The molecule has 0 spiro atoms. The van der Waals surface area contributed by atoms with Crippen molar-refractivity contribution in [1.29, 1.82) is 0 Å². The van der Waals surface area contributed by atoms with E-state index in [1.807, 2.05) is 6.92 Å². The number of rotatable bonds is 14. The van der Waals surface area contributed by atoms with Gasteiger partial charge in [0.2, 0.25) is 5.75 Å². The van der Waals surface area contributed by atoms with Crippen molar-refractivity contribution in [2.75, 3.05) is 0 Å². The zero-order valence-electron chi connectivity index (χ0n) is 26.1. The van der Waals surface area contributed by atoms with Crippen LogP contribution in [0.15, 0.2) is 54.6 Å². The Morgan fingerprint density at radius 2 is 1.16 bits per heavy atom. The second-order valence-corrected chi connectivity index (χ2v) is 11.5. The van der Waals surface area contributed by atoms with Crippen molar-refractivity contribution in [2.45, 2.75) is 70.2 Å². The van der Waals surface area contributed by atoms with Crippen LogP contribution in [-0.2, 0) is 12.2 Å². The van der Waals surface area contributed by atoms with Crippen molar-refractivity contribution in [1.82, 2.24) is 0 Å². The molecule has 0 N–H and O–H groups in total. The molecule has 4 rings (SSSR count). The van der Waals surface area contributed by atoms with Crippen LogP contribution in [0, 0.1) is 40.9 Å². The maximum absolute atomic E-state index is 14.9. The molecule has 0 bridgehead atoms. The fraction of sp³-hybridized carbons (Fsp3) is 0.394. The molecule has 51 heavy (non-hydrogen) atoms. The SMILES string of the molecule is CCCCC1CCC(C(F)(F)Oc2ccc(C(F)(F)Oc3cc(F)c(C(F)(F)Oc4cc(F)c(OC(F)=C(F)F)c(F)c4)c(F)c3)c(F)c2)CC1. The Morgan fingerprint density at radius 3 is 1.67 bits per heavy atom. The van der Waals surface area contributed by atoms with Crippen LogP contribution in [0.2, 0.25) is 0 Å². The lowest BCUT2D eigenvalue weighted by Gasteiger charge is -2.33. The monoisotopic (exact) mass is 752 g/mol. The van der Waals surface area contributed by atoms with Crippen molar-refractivity contribution >= 4 is 0 Å². The van der Waals surface area contributed by atoms with Gasteiger partial charge in [0.25, 0.3) is 0 Å². The van der Waals surface area contributed by atoms with E-state index in [1.54, 1.807) is 0 Å². The molecule has 1 aliphatic carbocycles. The molecule has 0 aliphatic heterocycles. The summed E-state index contributed by atoms with van der Waals surface area (Å²) in [5.41, 5.74) is -3.91. The zero-order chi connectivity index (χ0) is 37.9. The molecule has 0 radical (unpaired) electrons. The Morgan fingerprint density at radius 1 is 0.647 bits per heavy atom. The Kier molecular flexibility index (Phi) is 12.0. The van der Waals surface area contributed by atoms with Crippen LogP contribution in [0.25, 0.3) is 0 Å². The van der Waals surface area contributed by atoms with E-state index in [2.05, 4.69) is 18.9 Å². The number of benzene rings is 3. The summed E-state index contributed by atoms with van der Waals surface area (Å²) in [7, 11) is 0. The molecule has 1 aliphatic rings. The number of unbranched alkanes of at least 4 members (excludes halogenated alkanes) is 1. The van der Waals surface area contributed by atoms with Gasteiger partial charge in [-0.1, -0.05) is 26.2 Å². The topological polar surface area (TPSA) is 36.9 Å². The van der Waals surface area contributed by atoms with Crippen molar-refractivity contribution in [3.63, 3.8) is 0 Å². The lowest BCUT2D eigenvalue weighted by atomic mass is 9.79. The molecule has 280 valence electrons. The Bertz CT molecular complexity index is 1690. The van der Waals surface area contributed by atoms with Crippen molar-refractivity contribution in [3.05, 3.63) is 94.8 Å². The van der Waals surface area contributed by atoms with Gasteiger partial charge < -0.3 is 18.9 Å². The lowest BCUT2D eigenvalue weighted by molar-refractivity contribution is -0.223. The predicted molar refractivity (Wildman–Crippen MR) is 150 cm³/mol. The van der Waals surface area contributed by atoms with Gasteiger partial charge in [-0.3, -0.25) is 0 Å². The van der Waals surface area contributed by atoms with Crippen LogP contribution in [0.3, 0.4) is 0 Å². The maximum Gasteiger partial charge on any atom is 0.432 e. The van der Waals surface area contributed by atoms with Crippen LogP contribution >= 0.6 is 0 Å². The average molecular weight is 753 g/mol. The standard InChI is InChI=1S/C33H26F14O4/c1-2-3-4-16-5-7-17(8-6-16)31(42,43)49-18-9-10-21(22(34)11-18)32(44,45)50-19-12-23(35)27(24(36)13-19)33(46,47)51-20-14-25(37)28(26(38)15-20)48-30(41)29(39)40/h9-17H,2-8H2,1H3. The van der Waals surface area contributed by atoms with Crippen LogP contribution in [-0.4, -0.2) is 6.11 Å². The van der Waals surface area contributed by atoms with Gasteiger partial charge >= 0.3 is 30.4 Å². The van der Waals surface area contributed by atoms with Gasteiger partial charge in [-0.25, -0.2) is 22.0 Å². The zero-order valence-corrected chi connectivity index (χ0v) is 26.1. The number of hydrogen-bond donors (Lipinski definition) is 0. The molecule has 3 aromatic rings.